The topological polar surface area (TPSA) is 80.6 Å². The van der Waals surface area contributed by atoms with Crippen LogP contribution in [0.15, 0.2) is 0 Å². The Hall–Kier alpha value is -2.31. The van der Waals surface area contributed by atoms with Gasteiger partial charge in [-0.3, -0.25) is 4.79 Å². The monoisotopic (exact) mass is 379 g/mol. The summed E-state index contributed by atoms with van der Waals surface area (Å²) in [5.41, 5.74) is 1.70. The van der Waals surface area contributed by atoms with E-state index in [1.165, 1.54) is 4.90 Å². The molecule has 0 fully saturated rings. The molecule has 0 aromatic carbocycles. The van der Waals surface area contributed by atoms with Gasteiger partial charge in [0.15, 0.2) is 5.78 Å². The molecule has 0 aliphatic carbocycles. The number of urea groups is 1. The fourth-order valence-electron chi connectivity index (χ4n) is 3.17. The zero-order chi connectivity index (χ0) is 21.1. The molecule has 0 radical (unpaired) electrons. The molecule has 0 bridgehead atoms. The Balaban J connectivity index is 3.26. The second-order valence-electron chi connectivity index (χ2n) is 7.72. The average Bonchev–Trinajstić information content (AvgIpc) is 2.75. The van der Waals surface area contributed by atoms with Crippen molar-refractivity contribution in [1.29, 1.82) is 0 Å². The van der Waals surface area contributed by atoms with Crippen LogP contribution in [0.2, 0.25) is 0 Å². The summed E-state index contributed by atoms with van der Waals surface area (Å²) in [7, 11) is 1.74. The van der Waals surface area contributed by atoms with Gasteiger partial charge < -0.3 is 19.5 Å². The first kappa shape index (κ1) is 22.7. The minimum atomic E-state index is -0.660. The van der Waals surface area contributed by atoms with Crippen molar-refractivity contribution in [1.82, 2.24) is 14.8 Å². The Kier molecular flexibility index (Phi) is 7.23. The highest BCUT2D eigenvalue weighted by atomic mass is 16.5. The van der Waals surface area contributed by atoms with E-state index in [9.17, 15) is 14.4 Å². The number of ether oxygens (including phenoxy) is 1. The number of nitrogens with one attached hydrogen (secondary N) is 1. The molecule has 0 spiro atoms. The summed E-state index contributed by atoms with van der Waals surface area (Å²) in [6, 6.07) is -0.949. The minimum Gasteiger partial charge on any atom is -0.461 e. The standard InChI is InChI=1S/C20H33N3O4/c1-10-23(19(26)21-20(6,7)8)14(5)17(24)15-12(3)16(18(25)27-11-2)22(9)13(15)4/h14H,10-11H2,1-9H3,(H,21,26). The highest BCUT2D eigenvalue weighted by Gasteiger charge is 2.32. The van der Waals surface area contributed by atoms with E-state index in [4.69, 9.17) is 4.74 Å². The van der Waals surface area contributed by atoms with Crippen LogP contribution in [-0.4, -0.2) is 52.0 Å². The number of nitrogens with zero attached hydrogens (tertiary/aromatic N) is 2. The van der Waals surface area contributed by atoms with Gasteiger partial charge in [0.25, 0.3) is 0 Å². The molecule has 7 heteroatoms. The zero-order valence-electron chi connectivity index (χ0n) is 18.0. The van der Waals surface area contributed by atoms with Gasteiger partial charge in [-0.2, -0.15) is 0 Å². The summed E-state index contributed by atoms with van der Waals surface area (Å²) in [5, 5.41) is 2.89. The number of carbonyl (C=O) groups is 3. The molecule has 2 amide bonds. The number of hydrogen-bond donors (Lipinski definition) is 1. The van der Waals surface area contributed by atoms with Gasteiger partial charge in [-0.1, -0.05) is 0 Å². The summed E-state index contributed by atoms with van der Waals surface area (Å²) < 4.78 is 6.79. The normalized spacial score (nSPS) is 12.5. The molecule has 0 aliphatic heterocycles. The molecule has 1 unspecified atom stereocenters. The smallest absolute Gasteiger partial charge is 0.355 e. The summed E-state index contributed by atoms with van der Waals surface area (Å²) >= 11 is 0. The van der Waals surface area contributed by atoms with Crippen molar-refractivity contribution in [2.45, 2.75) is 67.0 Å². The quantitative estimate of drug-likeness (QED) is 0.608. The third kappa shape index (κ3) is 4.90. The third-order valence-electron chi connectivity index (χ3n) is 4.58. The second kappa shape index (κ2) is 8.59. The van der Waals surface area contributed by atoms with Crippen LogP contribution < -0.4 is 5.32 Å². The van der Waals surface area contributed by atoms with Crippen molar-refractivity contribution in [3.63, 3.8) is 0 Å². The van der Waals surface area contributed by atoms with Crippen molar-refractivity contribution in [2.24, 2.45) is 7.05 Å². The molecule has 1 atom stereocenters. The Bertz CT molecular complexity index is 729. The van der Waals surface area contributed by atoms with Gasteiger partial charge in [0, 0.05) is 30.4 Å². The Morgan fingerprint density at radius 3 is 2.19 bits per heavy atom. The van der Waals surface area contributed by atoms with E-state index in [-0.39, 0.29) is 18.4 Å². The van der Waals surface area contributed by atoms with Crippen molar-refractivity contribution in [3.05, 3.63) is 22.5 Å². The molecule has 1 aromatic rings. The van der Waals surface area contributed by atoms with E-state index >= 15 is 0 Å². The van der Waals surface area contributed by atoms with E-state index in [2.05, 4.69) is 5.32 Å². The lowest BCUT2D eigenvalue weighted by Crippen LogP contribution is -2.53. The van der Waals surface area contributed by atoms with Crippen LogP contribution >= 0.6 is 0 Å². The van der Waals surface area contributed by atoms with E-state index in [1.54, 1.807) is 39.3 Å². The molecule has 0 saturated heterocycles. The van der Waals surface area contributed by atoms with Gasteiger partial charge in [-0.15, -0.1) is 0 Å². The fourth-order valence-corrected chi connectivity index (χ4v) is 3.17. The highest BCUT2D eigenvalue weighted by molar-refractivity contribution is 6.06. The number of amides is 2. The molecular weight excluding hydrogens is 346 g/mol. The molecule has 0 saturated carbocycles. The largest absolute Gasteiger partial charge is 0.461 e. The molecular formula is C20H33N3O4. The molecule has 1 rings (SSSR count). The maximum absolute atomic E-state index is 13.2. The molecule has 1 heterocycles. The van der Waals surface area contributed by atoms with Gasteiger partial charge in [0.05, 0.1) is 12.6 Å². The van der Waals surface area contributed by atoms with Crippen LogP contribution in [0.3, 0.4) is 0 Å². The lowest BCUT2D eigenvalue weighted by atomic mass is 10.00. The first-order valence-corrected chi connectivity index (χ1v) is 9.33. The predicted octanol–water partition coefficient (Wildman–Crippen LogP) is 3.22. The zero-order valence-corrected chi connectivity index (χ0v) is 18.0. The number of rotatable bonds is 6. The summed E-state index contributed by atoms with van der Waals surface area (Å²) in [4.78, 5) is 39.6. The maximum Gasteiger partial charge on any atom is 0.355 e. The Morgan fingerprint density at radius 1 is 1.19 bits per heavy atom. The number of aromatic nitrogens is 1. The Labute approximate surface area is 162 Å². The van der Waals surface area contributed by atoms with Crippen molar-refractivity contribution < 1.29 is 19.1 Å². The van der Waals surface area contributed by atoms with Gasteiger partial charge in [-0.25, -0.2) is 9.59 Å². The van der Waals surface area contributed by atoms with E-state index < -0.39 is 17.6 Å². The number of Topliss-reactive ketones (excluding diaryl/α,β-unsaturated/α-hetero) is 1. The lowest BCUT2D eigenvalue weighted by molar-refractivity contribution is 0.0514. The molecule has 1 N–H and O–H groups in total. The molecule has 0 aliphatic rings. The summed E-state index contributed by atoms with van der Waals surface area (Å²) in [5.74, 6) is -0.646. The third-order valence-corrected chi connectivity index (χ3v) is 4.58. The molecule has 1 aromatic heterocycles. The average molecular weight is 380 g/mol. The number of carbonyl (C=O) groups excluding carboxylic acids is 3. The summed E-state index contributed by atoms with van der Waals surface area (Å²) in [6.45, 7) is 15.1. The summed E-state index contributed by atoms with van der Waals surface area (Å²) in [6.07, 6.45) is 0. The van der Waals surface area contributed by atoms with Crippen molar-refractivity contribution >= 4 is 17.8 Å². The predicted molar refractivity (Wildman–Crippen MR) is 105 cm³/mol. The molecule has 152 valence electrons. The van der Waals surface area contributed by atoms with Crippen LogP contribution in [0.4, 0.5) is 4.79 Å². The number of esters is 1. The van der Waals surface area contributed by atoms with Crippen molar-refractivity contribution in [2.75, 3.05) is 13.2 Å². The Morgan fingerprint density at radius 2 is 1.74 bits per heavy atom. The van der Waals surface area contributed by atoms with Gasteiger partial charge >= 0.3 is 12.0 Å². The van der Waals surface area contributed by atoms with Crippen LogP contribution in [-0.2, 0) is 11.8 Å². The van der Waals surface area contributed by atoms with Gasteiger partial charge in [0.2, 0.25) is 0 Å². The number of ketones is 1. The van der Waals surface area contributed by atoms with E-state index in [1.807, 2.05) is 27.7 Å². The van der Waals surface area contributed by atoms with Crippen LogP contribution in [0.1, 0.15) is 73.6 Å². The first-order chi connectivity index (χ1) is 12.4. The fraction of sp³-hybridized carbons (Fsp3) is 0.650. The van der Waals surface area contributed by atoms with Gasteiger partial charge in [-0.05, 0) is 61.0 Å². The number of hydrogen-bond acceptors (Lipinski definition) is 4. The second-order valence-corrected chi connectivity index (χ2v) is 7.72. The number of likely N-dealkylation sites (N-methyl/N-ethyl adjacent to an activating group) is 1. The van der Waals surface area contributed by atoms with Crippen molar-refractivity contribution in [3.8, 4) is 0 Å². The van der Waals surface area contributed by atoms with E-state index in [0.717, 1.165) is 0 Å². The van der Waals surface area contributed by atoms with Crippen LogP contribution in [0.5, 0.6) is 0 Å². The van der Waals surface area contributed by atoms with Gasteiger partial charge in [0.1, 0.15) is 5.69 Å². The SMILES string of the molecule is CCOC(=O)c1c(C)c(C(=O)C(C)N(CC)C(=O)NC(C)(C)C)c(C)n1C. The molecule has 27 heavy (non-hydrogen) atoms. The minimum absolute atomic E-state index is 0.193. The highest BCUT2D eigenvalue weighted by Crippen LogP contribution is 2.24. The van der Waals surface area contributed by atoms with E-state index in [0.29, 0.717) is 29.1 Å². The first-order valence-electron chi connectivity index (χ1n) is 9.33. The lowest BCUT2D eigenvalue weighted by Gasteiger charge is -2.31. The maximum atomic E-state index is 13.2. The van der Waals surface area contributed by atoms with Crippen LogP contribution in [0.25, 0.3) is 0 Å². The molecule has 7 nitrogen and oxygen atoms in total. The van der Waals surface area contributed by atoms with Crippen LogP contribution in [0, 0.1) is 13.8 Å².